The van der Waals surface area contributed by atoms with Gasteiger partial charge in [0.2, 0.25) is 0 Å². The third kappa shape index (κ3) is 3.47. The van der Waals surface area contributed by atoms with Crippen molar-refractivity contribution in [3.63, 3.8) is 0 Å². The van der Waals surface area contributed by atoms with E-state index < -0.39 is 0 Å². The highest BCUT2D eigenvalue weighted by molar-refractivity contribution is 5.33. The Kier molecular flexibility index (Phi) is 4.41. The van der Waals surface area contributed by atoms with E-state index in [0.29, 0.717) is 0 Å². The molecule has 0 spiro atoms. The molecule has 2 aromatic rings. The third-order valence-corrected chi connectivity index (χ3v) is 5.03. The van der Waals surface area contributed by atoms with Gasteiger partial charge < -0.3 is 5.32 Å². The summed E-state index contributed by atoms with van der Waals surface area (Å²) in [5.74, 6) is 0. The molecule has 2 fully saturated rings. The predicted octanol–water partition coefficient (Wildman–Crippen LogP) is 1.35. The maximum Gasteiger partial charge on any atom is 0.0645 e. The highest BCUT2D eigenvalue weighted by Gasteiger charge is 2.28. The fraction of sp³-hybridized carbons (Fsp3) is 0.500. The summed E-state index contributed by atoms with van der Waals surface area (Å²) in [6.07, 6.45) is 5.10. The minimum Gasteiger partial charge on any atom is -0.314 e. The van der Waals surface area contributed by atoms with Crippen molar-refractivity contribution in [3.8, 4) is 5.69 Å². The summed E-state index contributed by atoms with van der Waals surface area (Å²) in [6, 6.07) is 11.5. The van der Waals surface area contributed by atoms with Gasteiger partial charge in [-0.15, -0.1) is 0 Å². The highest BCUT2D eigenvalue weighted by atomic mass is 15.3. The maximum atomic E-state index is 4.28. The lowest BCUT2D eigenvalue weighted by Crippen LogP contribution is -2.49. The molecule has 2 saturated heterocycles. The number of benzene rings is 1. The molecular formula is C18H25N5. The first-order valence-electron chi connectivity index (χ1n) is 8.64. The number of aromatic nitrogens is 2. The van der Waals surface area contributed by atoms with Crippen LogP contribution < -0.4 is 5.32 Å². The van der Waals surface area contributed by atoms with Crippen molar-refractivity contribution in [2.45, 2.75) is 19.0 Å². The quantitative estimate of drug-likeness (QED) is 0.925. The van der Waals surface area contributed by atoms with Gasteiger partial charge in [-0.2, -0.15) is 5.10 Å². The molecule has 122 valence electrons. The number of nitrogens with zero attached hydrogens (tertiary/aromatic N) is 4. The molecule has 23 heavy (non-hydrogen) atoms. The van der Waals surface area contributed by atoms with Gasteiger partial charge in [-0.05, 0) is 30.2 Å². The number of piperazine rings is 1. The normalized spacial score (nSPS) is 23.4. The van der Waals surface area contributed by atoms with Crippen LogP contribution in [0.3, 0.4) is 0 Å². The largest absolute Gasteiger partial charge is 0.314 e. The third-order valence-electron chi connectivity index (χ3n) is 5.03. The van der Waals surface area contributed by atoms with E-state index in [2.05, 4.69) is 44.5 Å². The van der Waals surface area contributed by atoms with Crippen molar-refractivity contribution < 1.29 is 0 Å². The van der Waals surface area contributed by atoms with Gasteiger partial charge in [0, 0.05) is 64.2 Å². The predicted molar refractivity (Wildman–Crippen MR) is 91.7 cm³/mol. The summed E-state index contributed by atoms with van der Waals surface area (Å²) >= 11 is 0. The van der Waals surface area contributed by atoms with Crippen molar-refractivity contribution in [1.82, 2.24) is 24.9 Å². The first kappa shape index (κ1) is 14.9. The SMILES string of the molecule is c1cnn(-c2ccc(CN3CCC(N4CCNCC4)C3)cc2)c1. The molecule has 1 atom stereocenters. The van der Waals surface area contributed by atoms with Crippen LogP contribution in [0.5, 0.6) is 0 Å². The molecule has 0 bridgehead atoms. The Morgan fingerprint density at radius 3 is 2.65 bits per heavy atom. The van der Waals surface area contributed by atoms with E-state index in [4.69, 9.17) is 0 Å². The van der Waals surface area contributed by atoms with E-state index >= 15 is 0 Å². The molecule has 0 saturated carbocycles. The summed E-state index contributed by atoms with van der Waals surface area (Å²) < 4.78 is 1.90. The Bertz CT molecular complexity index is 601. The van der Waals surface area contributed by atoms with Crippen LogP contribution in [0, 0.1) is 0 Å². The lowest BCUT2D eigenvalue weighted by atomic mass is 10.2. The van der Waals surface area contributed by atoms with Gasteiger partial charge in [0.1, 0.15) is 0 Å². The first-order valence-corrected chi connectivity index (χ1v) is 8.64. The number of nitrogens with one attached hydrogen (secondary N) is 1. The van der Waals surface area contributed by atoms with Gasteiger partial charge in [0.25, 0.3) is 0 Å². The Hall–Kier alpha value is -1.69. The Balaban J connectivity index is 1.33. The second-order valence-corrected chi connectivity index (χ2v) is 6.58. The molecule has 5 heteroatoms. The van der Waals surface area contributed by atoms with E-state index in [9.17, 15) is 0 Å². The molecular weight excluding hydrogens is 286 g/mol. The van der Waals surface area contributed by atoms with Gasteiger partial charge in [-0.1, -0.05) is 12.1 Å². The van der Waals surface area contributed by atoms with Crippen LogP contribution in [0.2, 0.25) is 0 Å². The number of hydrogen-bond acceptors (Lipinski definition) is 4. The number of rotatable bonds is 4. The van der Waals surface area contributed by atoms with Gasteiger partial charge >= 0.3 is 0 Å². The Labute approximate surface area is 137 Å². The highest BCUT2D eigenvalue weighted by Crippen LogP contribution is 2.19. The van der Waals surface area contributed by atoms with E-state index in [1.165, 1.54) is 38.2 Å². The smallest absolute Gasteiger partial charge is 0.0645 e. The molecule has 4 rings (SSSR count). The van der Waals surface area contributed by atoms with E-state index in [1.54, 1.807) is 0 Å². The summed E-state index contributed by atoms with van der Waals surface area (Å²) in [4.78, 5) is 5.26. The maximum absolute atomic E-state index is 4.28. The molecule has 1 unspecified atom stereocenters. The van der Waals surface area contributed by atoms with E-state index in [-0.39, 0.29) is 0 Å². The molecule has 2 aliphatic rings. The molecule has 1 N–H and O–H groups in total. The topological polar surface area (TPSA) is 36.3 Å². The van der Waals surface area contributed by atoms with Crippen molar-refractivity contribution in [3.05, 3.63) is 48.3 Å². The van der Waals surface area contributed by atoms with Crippen LogP contribution in [-0.2, 0) is 6.54 Å². The fourth-order valence-electron chi connectivity index (χ4n) is 3.73. The van der Waals surface area contributed by atoms with Crippen molar-refractivity contribution in [2.24, 2.45) is 0 Å². The van der Waals surface area contributed by atoms with Crippen LogP contribution in [0.1, 0.15) is 12.0 Å². The standard InChI is InChI=1S/C18H25N5/c1-7-20-23(10-1)17-4-2-16(3-5-17)14-21-11-6-18(15-21)22-12-8-19-9-13-22/h1-5,7,10,18-19H,6,8-9,11-15H2. The fourth-order valence-corrected chi connectivity index (χ4v) is 3.73. The lowest BCUT2D eigenvalue weighted by Gasteiger charge is -2.32. The van der Waals surface area contributed by atoms with Crippen LogP contribution >= 0.6 is 0 Å². The first-order chi connectivity index (χ1) is 11.4. The van der Waals surface area contributed by atoms with Gasteiger partial charge in [0.15, 0.2) is 0 Å². The van der Waals surface area contributed by atoms with Gasteiger partial charge in [-0.25, -0.2) is 4.68 Å². The monoisotopic (exact) mass is 311 g/mol. The van der Waals surface area contributed by atoms with E-state index in [0.717, 1.165) is 31.4 Å². The van der Waals surface area contributed by atoms with Gasteiger partial charge in [0.05, 0.1) is 5.69 Å². The molecule has 0 amide bonds. The summed E-state index contributed by atoms with van der Waals surface area (Å²) in [5, 5.41) is 7.72. The molecule has 2 aliphatic heterocycles. The minimum absolute atomic E-state index is 0.750. The van der Waals surface area contributed by atoms with E-state index in [1.807, 2.05) is 23.1 Å². The lowest BCUT2D eigenvalue weighted by molar-refractivity contribution is 0.170. The summed E-state index contributed by atoms with van der Waals surface area (Å²) in [6.45, 7) is 8.18. The van der Waals surface area contributed by atoms with Crippen molar-refractivity contribution >= 4 is 0 Å². The zero-order valence-corrected chi connectivity index (χ0v) is 13.6. The van der Waals surface area contributed by atoms with Crippen LogP contribution in [0.15, 0.2) is 42.7 Å². The van der Waals surface area contributed by atoms with Crippen LogP contribution in [-0.4, -0.2) is 64.9 Å². The average Bonchev–Trinajstić information content (AvgIpc) is 3.28. The van der Waals surface area contributed by atoms with Gasteiger partial charge in [-0.3, -0.25) is 9.80 Å². The average molecular weight is 311 g/mol. The summed E-state index contributed by atoms with van der Waals surface area (Å²) in [7, 11) is 0. The van der Waals surface area contributed by atoms with Crippen LogP contribution in [0.4, 0.5) is 0 Å². The Morgan fingerprint density at radius 2 is 1.91 bits per heavy atom. The summed E-state index contributed by atoms with van der Waals surface area (Å²) in [5.41, 5.74) is 2.51. The van der Waals surface area contributed by atoms with Crippen molar-refractivity contribution in [2.75, 3.05) is 39.3 Å². The zero-order chi connectivity index (χ0) is 15.5. The molecule has 0 radical (unpaired) electrons. The van der Waals surface area contributed by atoms with Crippen molar-refractivity contribution in [1.29, 1.82) is 0 Å². The molecule has 0 aliphatic carbocycles. The second kappa shape index (κ2) is 6.83. The molecule has 1 aromatic carbocycles. The second-order valence-electron chi connectivity index (χ2n) is 6.58. The van der Waals surface area contributed by atoms with Crippen LogP contribution in [0.25, 0.3) is 5.69 Å². The number of hydrogen-bond donors (Lipinski definition) is 1. The molecule has 3 heterocycles. The molecule has 5 nitrogen and oxygen atoms in total. The number of likely N-dealkylation sites (tertiary alicyclic amines) is 1. The minimum atomic E-state index is 0.750. The Morgan fingerprint density at radius 1 is 1.09 bits per heavy atom. The molecule has 1 aromatic heterocycles. The zero-order valence-electron chi connectivity index (χ0n) is 13.6.